The maximum Gasteiger partial charge on any atom is 0.248 e. The largest absolute Gasteiger partial charge is 0.341 e. The molecular weight excluding hydrogens is 228 g/mol. The van der Waals surface area contributed by atoms with E-state index in [-0.39, 0.29) is 11.5 Å². The first-order valence-electron chi connectivity index (χ1n) is 5.96. The Labute approximate surface area is 105 Å². The standard InChI is InChI=1S/C14H16N2O2/c1-3-14(18)16(2)9-10-8-13(17)15-12-7-5-4-6-11(10)12/h4-8H,3,9H2,1-2H3,(H,15,17). The Balaban J connectivity index is 2.44. The van der Waals surface area contributed by atoms with Crippen LogP contribution in [0.1, 0.15) is 18.9 Å². The van der Waals surface area contributed by atoms with Crippen LogP contribution in [-0.2, 0) is 11.3 Å². The van der Waals surface area contributed by atoms with Crippen LogP contribution in [0.15, 0.2) is 35.1 Å². The predicted octanol–water partition coefficient (Wildman–Crippen LogP) is 1.90. The van der Waals surface area contributed by atoms with Crippen LogP contribution in [0.2, 0.25) is 0 Å². The van der Waals surface area contributed by atoms with Crippen LogP contribution in [0.25, 0.3) is 10.9 Å². The van der Waals surface area contributed by atoms with Crippen molar-refractivity contribution in [1.82, 2.24) is 9.88 Å². The topological polar surface area (TPSA) is 53.2 Å². The first-order chi connectivity index (χ1) is 8.61. The molecule has 0 bridgehead atoms. The number of H-pyrrole nitrogens is 1. The number of rotatable bonds is 3. The van der Waals surface area contributed by atoms with Gasteiger partial charge in [-0.1, -0.05) is 25.1 Å². The molecule has 1 aromatic carbocycles. The maximum atomic E-state index is 11.6. The van der Waals surface area contributed by atoms with Crippen LogP contribution in [0.4, 0.5) is 0 Å². The van der Waals surface area contributed by atoms with Crippen molar-refractivity contribution in [3.63, 3.8) is 0 Å². The summed E-state index contributed by atoms with van der Waals surface area (Å²) < 4.78 is 0. The van der Waals surface area contributed by atoms with Gasteiger partial charge in [0.2, 0.25) is 11.5 Å². The van der Waals surface area contributed by atoms with Gasteiger partial charge >= 0.3 is 0 Å². The lowest BCUT2D eigenvalue weighted by Crippen LogP contribution is -2.26. The molecule has 0 saturated carbocycles. The van der Waals surface area contributed by atoms with Gasteiger partial charge in [0.15, 0.2) is 0 Å². The number of hydrogen-bond acceptors (Lipinski definition) is 2. The lowest BCUT2D eigenvalue weighted by molar-refractivity contribution is -0.130. The van der Waals surface area contributed by atoms with E-state index < -0.39 is 0 Å². The van der Waals surface area contributed by atoms with Gasteiger partial charge in [-0.2, -0.15) is 0 Å². The van der Waals surface area contributed by atoms with Gasteiger partial charge in [-0.3, -0.25) is 9.59 Å². The number of fused-ring (bicyclic) bond motifs is 1. The van der Waals surface area contributed by atoms with Crippen molar-refractivity contribution >= 4 is 16.8 Å². The van der Waals surface area contributed by atoms with Gasteiger partial charge < -0.3 is 9.88 Å². The minimum atomic E-state index is -0.138. The van der Waals surface area contributed by atoms with E-state index in [4.69, 9.17) is 0 Å². The highest BCUT2D eigenvalue weighted by Crippen LogP contribution is 2.16. The summed E-state index contributed by atoms with van der Waals surface area (Å²) in [5, 5.41) is 0.979. The Hall–Kier alpha value is -2.10. The second kappa shape index (κ2) is 5.04. The highest BCUT2D eigenvalue weighted by Gasteiger charge is 2.09. The van der Waals surface area contributed by atoms with Gasteiger partial charge in [0, 0.05) is 37.0 Å². The normalized spacial score (nSPS) is 10.6. The number of carbonyl (C=O) groups is 1. The van der Waals surface area contributed by atoms with Gasteiger partial charge in [0.05, 0.1) is 0 Å². The second-order valence-electron chi connectivity index (χ2n) is 4.31. The van der Waals surface area contributed by atoms with Gasteiger partial charge in [0.1, 0.15) is 0 Å². The van der Waals surface area contributed by atoms with Gasteiger partial charge in [-0.25, -0.2) is 0 Å². The van der Waals surface area contributed by atoms with Crippen LogP contribution in [0.3, 0.4) is 0 Å². The molecule has 0 aliphatic heterocycles. The Morgan fingerprint density at radius 1 is 1.33 bits per heavy atom. The van der Waals surface area contributed by atoms with E-state index in [1.165, 1.54) is 0 Å². The maximum absolute atomic E-state index is 11.6. The predicted molar refractivity (Wildman–Crippen MR) is 71.3 cm³/mol. The van der Waals surface area contributed by atoms with Crippen LogP contribution < -0.4 is 5.56 Å². The van der Waals surface area contributed by atoms with E-state index in [1.54, 1.807) is 18.0 Å². The Bertz CT molecular complexity index is 631. The summed E-state index contributed by atoms with van der Waals surface area (Å²) >= 11 is 0. The van der Waals surface area contributed by atoms with Crippen molar-refractivity contribution in [2.24, 2.45) is 0 Å². The van der Waals surface area contributed by atoms with Crippen molar-refractivity contribution in [2.75, 3.05) is 7.05 Å². The molecule has 0 spiro atoms. The van der Waals surface area contributed by atoms with Gasteiger partial charge in [-0.15, -0.1) is 0 Å². The van der Waals surface area contributed by atoms with Crippen molar-refractivity contribution in [3.05, 3.63) is 46.2 Å². The molecule has 1 amide bonds. The average Bonchev–Trinajstić information content (AvgIpc) is 2.37. The van der Waals surface area contributed by atoms with E-state index in [2.05, 4.69) is 4.98 Å². The summed E-state index contributed by atoms with van der Waals surface area (Å²) in [5.41, 5.74) is 1.54. The first-order valence-corrected chi connectivity index (χ1v) is 5.96. The highest BCUT2D eigenvalue weighted by molar-refractivity contribution is 5.82. The van der Waals surface area contributed by atoms with Gasteiger partial charge in [0.25, 0.3) is 0 Å². The number of amides is 1. The third kappa shape index (κ3) is 2.42. The number of nitrogens with zero attached hydrogens (tertiary/aromatic N) is 1. The summed E-state index contributed by atoms with van der Waals surface area (Å²) in [6.45, 7) is 2.28. The zero-order valence-corrected chi connectivity index (χ0v) is 10.6. The monoisotopic (exact) mass is 244 g/mol. The van der Waals surface area contributed by atoms with Crippen LogP contribution in [-0.4, -0.2) is 22.8 Å². The molecule has 94 valence electrons. The number of carbonyl (C=O) groups excluding carboxylic acids is 1. The van der Waals surface area contributed by atoms with E-state index >= 15 is 0 Å². The van der Waals surface area contributed by atoms with Crippen molar-refractivity contribution in [1.29, 1.82) is 0 Å². The number of aromatic amines is 1. The zero-order chi connectivity index (χ0) is 13.1. The molecule has 1 aromatic heterocycles. The number of para-hydroxylation sites is 1. The summed E-state index contributed by atoms with van der Waals surface area (Å²) in [4.78, 5) is 27.6. The minimum Gasteiger partial charge on any atom is -0.341 e. The van der Waals surface area contributed by atoms with E-state index in [9.17, 15) is 9.59 Å². The zero-order valence-electron chi connectivity index (χ0n) is 10.6. The SMILES string of the molecule is CCC(=O)N(C)Cc1cc(=O)[nH]c2ccccc12. The minimum absolute atomic E-state index is 0.0689. The first kappa shape index (κ1) is 12.4. The van der Waals surface area contributed by atoms with E-state index in [0.29, 0.717) is 13.0 Å². The van der Waals surface area contributed by atoms with E-state index in [1.807, 2.05) is 31.2 Å². The molecule has 4 heteroatoms. The molecule has 0 fully saturated rings. The molecular formula is C14H16N2O2. The Morgan fingerprint density at radius 2 is 2.06 bits per heavy atom. The lowest BCUT2D eigenvalue weighted by Gasteiger charge is -2.17. The van der Waals surface area contributed by atoms with Crippen molar-refractivity contribution in [3.8, 4) is 0 Å². The number of aromatic nitrogens is 1. The molecule has 0 saturated heterocycles. The molecule has 2 aromatic rings. The summed E-state index contributed by atoms with van der Waals surface area (Å²) in [6.07, 6.45) is 0.470. The number of nitrogens with one attached hydrogen (secondary N) is 1. The van der Waals surface area contributed by atoms with Gasteiger partial charge in [-0.05, 0) is 11.6 Å². The van der Waals surface area contributed by atoms with Crippen LogP contribution in [0.5, 0.6) is 0 Å². The molecule has 0 radical (unpaired) electrons. The molecule has 0 aliphatic carbocycles. The average molecular weight is 244 g/mol. The number of benzene rings is 1. The number of hydrogen-bond donors (Lipinski definition) is 1. The summed E-state index contributed by atoms with van der Waals surface area (Å²) in [7, 11) is 1.75. The molecule has 4 nitrogen and oxygen atoms in total. The highest BCUT2D eigenvalue weighted by atomic mass is 16.2. The lowest BCUT2D eigenvalue weighted by atomic mass is 10.1. The molecule has 0 atom stereocenters. The second-order valence-corrected chi connectivity index (χ2v) is 4.31. The fourth-order valence-corrected chi connectivity index (χ4v) is 2.02. The fraction of sp³-hybridized carbons (Fsp3) is 0.286. The quantitative estimate of drug-likeness (QED) is 0.896. The van der Waals surface area contributed by atoms with Crippen LogP contribution >= 0.6 is 0 Å². The number of pyridine rings is 1. The van der Waals surface area contributed by atoms with Crippen molar-refractivity contribution < 1.29 is 4.79 Å². The molecule has 1 N–H and O–H groups in total. The Kier molecular flexibility index (Phi) is 3.46. The molecule has 0 unspecified atom stereocenters. The van der Waals surface area contributed by atoms with Crippen LogP contribution in [0, 0.1) is 0 Å². The smallest absolute Gasteiger partial charge is 0.248 e. The van der Waals surface area contributed by atoms with Crippen molar-refractivity contribution in [2.45, 2.75) is 19.9 Å². The van der Waals surface area contributed by atoms with E-state index in [0.717, 1.165) is 16.5 Å². The third-order valence-corrected chi connectivity index (χ3v) is 2.97. The molecule has 1 heterocycles. The third-order valence-electron chi connectivity index (χ3n) is 2.97. The molecule has 18 heavy (non-hydrogen) atoms. The molecule has 0 aliphatic rings. The fourth-order valence-electron chi connectivity index (χ4n) is 2.02. The summed E-state index contributed by atoms with van der Waals surface area (Å²) in [5.74, 6) is 0.0689. The Morgan fingerprint density at radius 3 is 2.78 bits per heavy atom. The molecule has 2 rings (SSSR count). The summed E-state index contributed by atoms with van der Waals surface area (Å²) in [6, 6.07) is 9.17.